The average Bonchev–Trinajstić information content (AvgIpc) is 4.02. The Hall–Kier alpha value is -7.40. The van der Waals surface area contributed by atoms with Gasteiger partial charge in [0.2, 0.25) is 0 Å². The fourth-order valence-corrected chi connectivity index (χ4v) is 10.9. The first-order valence-electron chi connectivity index (χ1n) is 25.2. The van der Waals surface area contributed by atoms with Crippen molar-refractivity contribution in [2.45, 2.75) is 72.6 Å². The van der Waals surface area contributed by atoms with Crippen LogP contribution in [0.5, 0.6) is 11.5 Å². The quantitative estimate of drug-likeness (QED) is 0.135. The summed E-state index contributed by atoms with van der Waals surface area (Å²) in [6, 6.07) is 66.6. The van der Waals surface area contributed by atoms with Crippen LogP contribution in [0.2, 0.25) is 0 Å². The minimum Gasteiger partial charge on any atom is -0.509 e. The zero-order chi connectivity index (χ0) is 49.6. The maximum atomic E-state index is 6.95. The molecule has 0 bridgehead atoms. The zero-order valence-electron chi connectivity index (χ0n) is 42.9. The number of rotatable bonds is 9. The summed E-state index contributed by atoms with van der Waals surface area (Å²) < 4.78 is 11.6. The Balaban J connectivity index is 0.00000574. The fraction of sp³-hybridized carbons (Fsp3) is 0.182. The molecule has 0 saturated heterocycles. The van der Waals surface area contributed by atoms with Crippen LogP contribution in [0, 0.1) is 25.7 Å². The number of anilines is 3. The zero-order valence-corrected chi connectivity index (χ0v) is 45.1. The van der Waals surface area contributed by atoms with E-state index in [-0.39, 0.29) is 26.5 Å². The van der Waals surface area contributed by atoms with Gasteiger partial charge in [0.15, 0.2) is 0 Å². The predicted octanol–water partition coefficient (Wildman–Crippen LogP) is 17.6. The molecule has 0 spiro atoms. The van der Waals surface area contributed by atoms with Crippen LogP contribution in [0.3, 0.4) is 0 Å². The molecule has 7 heteroatoms. The molecule has 1 aliphatic rings. The predicted molar refractivity (Wildman–Crippen MR) is 301 cm³/mol. The summed E-state index contributed by atoms with van der Waals surface area (Å²) >= 11 is 0. The maximum Gasteiger partial charge on any atom is 0.137 e. The standard InChI is InChI=1S/C66H58N5O.Pt/c1-41(2)56-38-61-62(39-57(56)42(3)4)69(40-68(61)9)48-33-46(66(6,7)8)34-50(35-48)72-49-27-28-53-58-32-43(5)26-29-59(58)71(60(53)37-49)63-36-47(30-31-67-63)70-64-51(44-18-12-10-13-19-44)22-16-24-54(64)55-25-17-23-52(65(55)70)45-20-14-11-15-21-45;/h10-34,36,38-42H,1-9H3;/q-3;. The summed E-state index contributed by atoms with van der Waals surface area (Å²) in [5.41, 5.74) is 18.1. The molecule has 0 N–H and O–H groups in total. The van der Waals surface area contributed by atoms with E-state index in [0.717, 1.165) is 72.4 Å². The number of hydrogen-bond acceptors (Lipinski definition) is 4. The number of para-hydroxylation sites is 2. The van der Waals surface area contributed by atoms with E-state index >= 15 is 0 Å². The van der Waals surface area contributed by atoms with Crippen molar-refractivity contribution in [2.75, 3.05) is 16.8 Å². The molecule has 0 fully saturated rings. The minimum absolute atomic E-state index is 0. The summed E-state index contributed by atoms with van der Waals surface area (Å²) in [5, 5.41) is 4.59. The molecule has 0 unspecified atom stereocenters. The van der Waals surface area contributed by atoms with Gasteiger partial charge in [-0.15, -0.1) is 47.0 Å². The number of nitrogens with zero attached hydrogens (tertiary/aromatic N) is 5. The monoisotopic (exact) mass is 1130 g/mol. The molecule has 1 aliphatic heterocycles. The summed E-state index contributed by atoms with van der Waals surface area (Å²) in [5.74, 6) is 2.82. The van der Waals surface area contributed by atoms with E-state index in [4.69, 9.17) is 9.72 Å². The van der Waals surface area contributed by atoms with E-state index in [0.29, 0.717) is 23.3 Å². The third-order valence-corrected chi connectivity index (χ3v) is 14.5. The van der Waals surface area contributed by atoms with E-state index < -0.39 is 0 Å². The second-order valence-electron chi connectivity index (χ2n) is 21.1. The third-order valence-electron chi connectivity index (χ3n) is 14.5. The fourth-order valence-electron chi connectivity index (χ4n) is 10.9. The average molecular weight is 1130 g/mol. The van der Waals surface area contributed by atoms with Gasteiger partial charge in [0.05, 0.1) is 16.7 Å². The molecule has 0 saturated carbocycles. The van der Waals surface area contributed by atoms with Gasteiger partial charge in [-0.25, -0.2) is 4.98 Å². The Kier molecular flexibility index (Phi) is 12.2. The molecule has 8 aromatic carbocycles. The number of ether oxygens (including phenoxy) is 1. The molecule has 0 atom stereocenters. The Morgan fingerprint density at radius 3 is 1.82 bits per heavy atom. The van der Waals surface area contributed by atoms with E-state index in [9.17, 15) is 0 Å². The molecule has 3 aromatic heterocycles. The van der Waals surface area contributed by atoms with E-state index in [2.05, 4.69) is 258 Å². The van der Waals surface area contributed by atoms with Crippen molar-refractivity contribution in [2.24, 2.45) is 0 Å². The van der Waals surface area contributed by atoms with Gasteiger partial charge in [-0.2, -0.15) is 12.7 Å². The van der Waals surface area contributed by atoms with E-state index in [1.165, 1.54) is 44.3 Å². The maximum absolute atomic E-state index is 6.95. The number of aromatic nitrogens is 3. The number of hydrogen-bond donors (Lipinski definition) is 0. The second kappa shape index (κ2) is 18.6. The van der Waals surface area contributed by atoms with Crippen molar-refractivity contribution >= 4 is 60.7 Å². The third kappa shape index (κ3) is 8.30. The topological polar surface area (TPSA) is 38.5 Å². The Bertz CT molecular complexity index is 3800. The first-order valence-corrected chi connectivity index (χ1v) is 25.2. The van der Waals surface area contributed by atoms with Crippen LogP contribution < -0.4 is 14.5 Å². The van der Waals surface area contributed by atoms with Gasteiger partial charge >= 0.3 is 0 Å². The largest absolute Gasteiger partial charge is 0.509 e. The van der Waals surface area contributed by atoms with Crippen LogP contribution in [0.25, 0.3) is 77.4 Å². The van der Waals surface area contributed by atoms with Crippen molar-refractivity contribution in [1.29, 1.82) is 0 Å². The summed E-state index contributed by atoms with van der Waals surface area (Å²) in [6.45, 7) is 20.2. The summed E-state index contributed by atoms with van der Waals surface area (Å²) in [4.78, 5) is 9.66. The van der Waals surface area contributed by atoms with Crippen LogP contribution in [0.1, 0.15) is 82.6 Å². The Labute approximate surface area is 443 Å². The van der Waals surface area contributed by atoms with Gasteiger partial charge in [-0.05, 0) is 83.1 Å². The SMILES string of the molecule is Cc1ccc2c(c1)c1ccc(Oc3[c-]c(N4[CH-]N(C)c5cc(C(C)C)c(C(C)C)cc54)cc(C(C)(C)C)c3)[c-]c1n2-c1cc(-n2c3c(-c4ccccc4)cccc3c3cccc(-c4ccccc4)c32)ccn1.[Pt]. The number of aryl methyl sites for hydroxylation is 1. The van der Waals surface area contributed by atoms with E-state index in [1.54, 1.807) is 0 Å². The number of pyridine rings is 1. The smallest absolute Gasteiger partial charge is 0.137 e. The van der Waals surface area contributed by atoms with Crippen LogP contribution in [0.4, 0.5) is 17.1 Å². The van der Waals surface area contributed by atoms with Gasteiger partial charge in [0.1, 0.15) is 5.82 Å². The molecule has 73 heavy (non-hydrogen) atoms. The van der Waals surface area contributed by atoms with Gasteiger partial charge in [0, 0.05) is 83.6 Å². The Morgan fingerprint density at radius 2 is 1.21 bits per heavy atom. The molecule has 0 radical (unpaired) electrons. The van der Waals surface area contributed by atoms with Gasteiger partial charge in [-0.3, -0.25) is 0 Å². The van der Waals surface area contributed by atoms with Gasteiger partial charge < -0.3 is 23.7 Å². The molecule has 0 aliphatic carbocycles. The van der Waals surface area contributed by atoms with Crippen molar-refractivity contribution in [3.63, 3.8) is 0 Å². The number of fused-ring (bicyclic) bond motifs is 7. The number of benzene rings is 8. The molecular formula is C66H58N5OPt-3. The van der Waals surface area contributed by atoms with Crippen LogP contribution in [-0.2, 0) is 26.5 Å². The normalized spacial score (nSPS) is 12.8. The van der Waals surface area contributed by atoms with Gasteiger partial charge in [-0.1, -0.05) is 169 Å². The van der Waals surface area contributed by atoms with Gasteiger partial charge in [0.25, 0.3) is 0 Å². The van der Waals surface area contributed by atoms with Crippen molar-refractivity contribution < 1.29 is 25.8 Å². The minimum atomic E-state index is -0.157. The van der Waals surface area contributed by atoms with E-state index in [1.807, 2.05) is 12.3 Å². The van der Waals surface area contributed by atoms with Crippen molar-refractivity contribution in [1.82, 2.24) is 14.1 Å². The van der Waals surface area contributed by atoms with Crippen molar-refractivity contribution in [3.8, 4) is 45.3 Å². The van der Waals surface area contributed by atoms with Crippen LogP contribution in [-0.4, -0.2) is 21.2 Å². The summed E-state index contributed by atoms with van der Waals surface area (Å²) in [7, 11) is 2.13. The molecule has 12 rings (SSSR count). The molecule has 6 nitrogen and oxygen atoms in total. The molecular weight excluding hydrogens is 1070 g/mol. The first kappa shape index (κ1) is 47.9. The molecule has 0 amide bonds. The second-order valence-corrected chi connectivity index (χ2v) is 21.1. The molecule has 4 heterocycles. The molecule has 11 aromatic rings. The van der Waals surface area contributed by atoms with Crippen LogP contribution in [0.15, 0.2) is 170 Å². The van der Waals surface area contributed by atoms with Crippen molar-refractivity contribution in [3.05, 3.63) is 211 Å². The first-order chi connectivity index (χ1) is 34.8. The molecule has 366 valence electrons. The Morgan fingerprint density at radius 1 is 0.575 bits per heavy atom. The van der Waals surface area contributed by atoms with Crippen LogP contribution >= 0.6 is 0 Å². The summed E-state index contributed by atoms with van der Waals surface area (Å²) in [6.07, 6.45) is 1.94.